The number of sulfonamides is 1. The fraction of sp³-hybridized carbons (Fsp3) is 0.435. The smallest absolute Gasteiger partial charge is 0.243 e. The predicted molar refractivity (Wildman–Crippen MR) is 117 cm³/mol. The number of rotatable bonds is 5. The molecule has 29 heavy (non-hydrogen) atoms. The van der Waals surface area contributed by atoms with E-state index in [9.17, 15) is 13.2 Å². The van der Waals surface area contributed by atoms with Crippen molar-refractivity contribution < 1.29 is 13.2 Å². The van der Waals surface area contributed by atoms with Crippen molar-refractivity contribution >= 4 is 21.6 Å². The molecule has 6 heteroatoms. The molecule has 0 bridgehead atoms. The van der Waals surface area contributed by atoms with Gasteiger partial charge in [-0.3, -0.25) is 4.79 Å². The van der Waals surface area contributed by atoms with Gasteiger partial charge in [-0.2, -0.15) is 4.31 Å². The van der Waals surface area contributed by atoms with E-state index in [0.717, 1.165) is 16.8 Å². The number of benzene rings is 2. The van der Waals surface area contributed by atoms with Crippen LogP contribution < -0.4 is 5.32 Å². The van der Waals surface area contributed by atoms with Crippen LogP contribution in [0.2, 0.25) is 0 Å². The molecule has 5 nitrogen and oxygen atoms in total. The highest BCUT2D eigenvalue weighted by atomic mass is 32.2. The zero-order valence-electron chi connectivity index (χ0n) is 17.6. The van der Waals surface area contributed by atoms with Crippen molar-refractivity contribution in [3.63, 3.8) is 0 Å². The lowest BCUT2D eigenvalue weighted by molar-refractivity contribution is -0.120. The van der Waals surface area contributed by atoms with Gasteiger partial charge in [0.25, 0.3) is 0 Å². The second kappa shape index (κ2) is 8.67. The number of carbonyl (C=O) groups excluding carboxylic acids is 1. The molecule has 0 saturated carbocycles. The third-order valence-corrected chi connectivity index (χ3v) is 7.70. The summed E-state index contributed by atoms with van der Waals surface area (Å²) in [7, 11) is -3.52. The van der Waals surface area contributed by atoms with Gasteiger partial charge in [-0.25, -0.2) is 8.42 Å². The van der Waals surface area contributed by atoms with Crippen LogP contribution in [0.15, 0.2) is 47.4 Å². The first kappa shape index (κ1) is 21.5. The predicted octanol–water partition coefficient (Wildman–Crippen LogP) is 4.47. The summed E-state index contributed by atoms with van der Waals surface area (Å²) in [5.41, 5.74) is 4.22. The van der Waals surface area contributed by atoms with Crippen LogP contribution in [0.3, 0.4) is 0 Å². The highest BCUT2D eigenvalue weighted by molar-refractivity contribution is 7.89. The van der Waals surface area contributed by atoms with Crippen LogP contribution in [0, 0.1) is 19.8 Å². The Hall–Kier alpha value is -2.18. The van der Waals surface area contributed by atoms with Gasteiger partial charge in [-0.05, 0) is 73.6 Å². The molecular weight excluding hydrogens is 384 g/mol. The molecular formula is C23H30N2O3S. The molecule has 0 spiro atoms. The zero-order chi connectivity index (χ0) is 21.2. The normalized spacial score (nSPS) is 16.2. The number of amides is 1. The van der Waals surface area contributed by atoms with E-state index >= 15 is 0 Å². The van der Waals surface area contributed by atoms with Crippen molar-refractivity contribution in [1.82, 2.24) is 4.31 Å². The minimum atomic E-state index is -3.52. The minimum absolute atomic E-state index is 0.0356. The summed E-state index contributed by atoms with van der Waals surface area (Å²) in [5, 5.41) is 2.97. The lowest BCUT2D eigenvalue weighted by Crippen LogP contribution is -2.41. The molecule has 1 aliphatic heterocycles. The van der Waals surface area contributed by atoms with Crippen molar-refractivity contribution in [1.29, 1.82) is 0 Å². The van der Waals surface area contributed by atoms with Crippen molar-refractivity contribution in [2.45, 2.75) is 51.3 Å². The molecule has 1 heterocycles. The Labute approximate surface area is 174 Å². The average Bonchev–Trinajstić information content (AvgIpc) is 2.71. The number of anilines is 1. The molecule has 2 aromatic carbocycles. The van der Waals surface area contributed by atoms with Gasteiger partial charge in [0, 0.05) is 24.7 Å². The molecule has 1 saturated heterocycles. The number of aryl methyl sites for hydroxylation is 2. The molecule has 3 rings (SSSR count). The van der Waals surface area contributed by atoms with E-state index in [1.165, 1.54) is 9.87 Å². The largest absolute Gasteiger partial charge is 0.326 e. The molecule has 0 aliphatic carbocycles. The van der Waals surface area contributed by atoms with Crippen molar-refractivity contribution in [3.8, 4) is 0 Å². The fourth-order valence-corrected chi connectivity index (χ4v) is 5.07. The summed E-state index contributed by atoms with van der Waals surface area (Å²) in [6, 6.07) is 13.0. The van der Waals surface area contributed by atoms with E-state index in [2.05, 4.69) is 19.2 Å². The van der Waals surface area contributed by atoms with Gasteiger partial charge >= 0.3 is 0 Å². The van der Waals surface area contributed by atoms with Crippen LogP contribution >= 0.6 is 0 Å². The van der Waals surface area contributed by atoms with E-state index in [1.54, 1.807) is 12.1 Å². The maximum absolute atomic E-state index is 12.9. The Kier molecular flexibility index (Phi) is 6.44. The summed E-state index contributed by atoms with van der Waals surface area (Å²) >= 11 is 0. The molecule has 0 unspecified atom stereocenters. The van der Waals surface area contributed by atoms with E-state index < -0.39 is 10.0 Å². The zero-order valence-corrected chi connectivity index (χ0v) is 18.4. The number of hydrogen-bond donors (Lipinski definition) is 1. The second-order valence-corrected chi connectivity index (χ2v) is 10.1. The van der Waals surface area contributed by atoms with E-state index in [1.807, 2.05) is 44.2 Å². The monoisotopic (exact) mass is 414 g/mol. The number of nitrogens with one attached hydrogen (secondary N) is 1. The van der Waals surface area contributed by atoms with Crippen LogP contribution in [-0.4, -0.2) is 31.7 Å². The Bertz CT molecular complexity index is 974. The van der Waals surface area contributed by atoms with Crippen LogP contribution in [0.1, 0.15) is 49.3 Å². The molecule has 1 N–H and O–H groups in total. The molecule has 0 atom stereocenters. The highest BCUT2D eigenvalue weighted by Crippen LogP contribution is 2.26. The van der Waals surface area contributed by atoms with E-state index in [4.69, 9.17) is 0 Å². The molecule has 1 aliphatic rings. The topological polar surface area (TPSA) is 66.5 Å². The van der Waals surface area contributed by atoms with Crippen LogP contribution in [0.25, 0.3) is 0 Å². The van der Waals surface area contributed by atoms with E-state index in [-0.39, 0.29) is 11.8 Å². The third-order valence-electron chi connectivity index (χ3n) is 5.78. The summed E-state index contributed by atoms with van der Waals surface area (Å²) in [6.07, 6.45) is 1.06. The standard InChI is InChI=1S/C23H30N2O3S/c1-16(2)19-6-9-22(10-7-19)29(27,28)25-13-11-20(12-14-25)23(26)24-21-8-5-17(3)18(4)15-21/h5-10,15-16,20H,11-14H2,1-4H3,(H,24,26). The van der Waals surface area contributed by atoms with Crippen LogP contribution in [0.4, 0.5) is 5.69 Å². The molecule has 1 fully saturated rings. The first-order valence-electron chi connectivity index (χ1n) is 10.2. The first-order chi connectivity index (χ1) is 13.7. The van der Waals surface area contributed by atoms with Crippen molar-refractivity contribution in [3.05, 3.63) is 59.2 Å². The van der Waals surface area contributed by atoms with Gasteiger partial charge in [-0.1, -0.05) is 32.0 Å². The van der Waals surface area contributed by atoms with Gasteiger partial charge in [0.2, 0.25) is 15.9 Å². The lowest BCUT2D eigenvalue weighted by Gasteiger charge is -2.30. The number of carbonyl (C=O) groups is 1. The molecule has 0 radical (unpaired) electrons. The van der Waals surface area contributed by atoms with E-state index in [0.29, 0.717) is 36.7 Å². The average molecular weight is 415 g/mol. The Morgan fingerprint density at radius 2 is 1.62 bits per heavy atom. The summed E-state index contributed by atoms with van der Waals surface area (Å²) in [6.45, 7) is 8.93. The summed E-state index contributed by atoms with van der Waals surface area (Å²) in [4.78, 5) is 12.9. The summed E-state index contributed by atoms with van der Waals surface area (Å²) in [5.74, 6) is 0.149. The molecule has 156 valence electrons. The van der Waals surface area contributed by atoms with Crippen molar-refractivity contribution in [2.75, 3.05) is 18.4 Å². The number of nitrogens with zero attached hydrogens (tertiary/aromatic N) is 1. The van der Waals surface area contributed by atoms with Gasteiger partial charge in [0.05, 0.1) is 4.90 Å². The Morgan fingerprint density at radius 1 is 1.00 bits per heavy atom. The number of hydrogen-bond acceptors (Lipinski definition) is 3. The quantitative estimate of drug-likeness (QED) is 0.785. The number of piperidine rings is 1. The fourth-order valence-electron chi connectivity index (χ4n) is 3.60. The van der Waals surface area contributed by atoms with Crippen LogP contribution in [0.5, 0.6) is 0 Å². The minimum Gasteiger partial charge on any atom is -0.326 e. The maximum atomic E-state index is 12.9. The van der Waals surface area contributed by atoms with Gasteiger partial charge in [-0.15, -0.1) is 0 Å². The lowest BCUT2D eigenvalue weighted by atomic mass is 9.97. The SMILES string of the molecule is Cc1ccc(NC(=O)C2CCN(S(=O)(=O)c3ccc(C(C)C)cc3)CC2)cc1C. The van der Waals surface area contributed by atoms with Crippen molar-refractivity contribution in [2.24, 2.45) is 5.92 Å². The van der Waals surface area contributed by atoms with Gasteiger partial charge < -0.3 is 5.32 Å². The van der Waals surface area contributed by atoms with Gasteiger partial charge in [0.1, 0.15) is 0 Å². The second-order valence-electron chi connectivity index (χ2n) is 8.19. The Balaban J connectivity index is 1.61. The molecule has 2 aromatic rings. The van der Waals surface area contributed by atoms with Crippen LogP contribution in [-0.2, 0) is 14.8 Å². The maximum Gasteiger partial charge on any atom is 0.243 e. The highest BCUT2D eigenvalue weighted by Gasteiger charge is 2.32. The first-order valence-corrected chi connectivity index (χ1v) is 11.6. The summed E-state index contributed by atoms with van der Waals surface area (Å²) < 4.78 is 27.4. The molecule has 1 amide bonds. The van der Waals surface area contributed by atoms with Gasteiger partial charge in [0.15, 0.2) is 0 Å². The molecule has 0 aromatic heterocycles. The Morgan fingerprint density at radius 3 is 2.17 bits per heavy atom. The third kappa shape index (κ3) is 4.87.